The zero-order valence-electron chi connectivity index (χ0n) is 10.4. The van der Waals surface area contributed by atoms with E-state index in [0.29, 0.717) is 18.5 Å². The molecule has 1 aliphatic heterocycles. The molecule has 2 rings (SSSR count). The summed E-state index contributed by atoms with van der Waals surface area (Å²) in [5, 5.41) is 0. The Morgan fingerprint density at radius 1 is 1.44 bits per heavy atom. The van der Waals surface area contributed by atoms with Crippen molar-refractivity contribution in [1.29, 1.82) is 0 Å². The van der Waals surface area contributed by atoms with Gasteiger partial charge in [0, 0.05) is 25.7 Å². The summed E-state index contributed by atoms with van der Waals surface area (Å²) in [7, 11) is 1.92. The summed E-state index contributed by atoms with van der Waals surface area (Å²) in [5.41, 5.74) is 6.03. The number of nitrogens with two attached hydrogens (primary N) is 1. The Kier molecular flexibility index (Phi) is 3.50. The second-order valence-corrected chi connectivity index (χ2v) is 5.40. The van der Waals surface area contributed by atoms with Crippen molar-refractivity contribution < 1.29 is 4.79 Å². The van der Waals surface area contributed by atoms with Gasteiger partial charge in [-0.25, -0.2) is 0 Å². The van der Waals surface area contributed by atoms with Crippen LogP contribution in [0.15, 0.2) is 0 Å². The van der Waals surface area contributed by atoms with E-state index < -0.39 is 0 Å². The first kappa shape index (κ1) is 11.9. The van der Waals surface area contributed by atoms with Crippen LogP contribution in [0.2, 0.25) is 0 Å². The second-order valence-electron chi connectivity index (χ2n) is 5.40. The number of hydrogen-bond donors (Lipinski definition) is 1. The van der Waals surface area contributed by atoms with Crippen LogP contribution in [-0.2, 0) is 4.79 Å². The maximum absolute atomic E-state index is 11.9. The van der Waals surface area contributed by atoms with Gasteiger partial charge in [-0.05, 0) is 31.7 Å². The molecule has 1 saturated heterocycles. The smallest absolute Gasteiger partial charge is 0.236 e. The van der Waals surface area contributed by atoms with Gasteiger partial charge in [0.25, 0.3) is 0 Å². The summed E-state index contributed by atoms with van der Waals surface area (Å²) >= 11 is 0. The minimum atomic E-state index is 0.229. The molecule has 0 aromatic heterocycles. The molecule has 4 nitrogen and oxygen atoms in total. The lowest BCUT2D eigenvalue weighted by Gasteiger charge is -2.35. The van der Waals surface area contributed by atoms with Crippen LogP contribution in [-0.4, -0.2) is 54.5 Å². The van der Waals surface area contributed by atoms with Crippen LogP contribution >= 0.6 is 0 Å². The highest BCUT2D eigenvalue weighted by atomic mass is 16.2. The number of likely N-dealkylation sites (N-methyl/N-ethyl adjacent to an activating group) is 1. The molecule has 2 unspecified atom stereocenters. The Bertz CT molecular complexity index is 265. The predicted molar refractivity (Wildman–Crippen MR) is 64.0 cm³/mol. The number of nitrogens with zero attached hydrogens (tertiary/aromatic N) is 2. The lowest BCUT2D eigenvalue weighted by molar-refractivity contribution is -0.132. The maximum Gasteiger partial charge on any atom is 0.236 e. The first-order valence-corrected chi connectivity index (χ1v) is 6.31. The summed E-state index contributed by atoms with van der Waals surface area (Å²) in [6.45, 7) is 4.62. The Labute approximate surface area is 97.8 Å². The van der Waals surface area contributed by atoms with Gasteiger partial charge < -0.3 is 10.6 Å². The fraction of sp³-hybridized carbons (Fsp3) is 0.917. The second kappa shape index (κ2) is 4.72. The fourth-order valence-electron chi connectivity index (χ4n) is 2.28. The van der Waals surface area contributed by atoms with Crippen molar-refractivity contribution in [3.63, 3.8) is 0 Å². The molecule has 0 spiro atoms. The molecule has 2 N–H and O–H groups in total. The third-order valence-corrected chi connectivity index (χ3v) is 3.95. The number of carbonyl (C=O) groups excluding carboxylic acids is 1. The monoisotopic (exact) mass is 225 g/mol. The highest BCUT2D eigenvalue weighted by Gasteiger charge is 2.31. The minimum Gasteiger partial charge on any atom is -0.342 e. The number of rotatable bonds is 3. The van der Waals surface area contributed by atoms with E-state index in [9.17, 15) is 4.79 Å². The van der Waals surface area contributed by atoms with Crippen molar-refractivity contribution in [1.82, 2.24) is 9.80 Å². The van der Waals surface area contributed by atoms with Crippen LogP contribution in [0.4, 0.5) is 0 Å². The van der Waals surface area contributed by atoms with Crippen molar-refractivity contribution in [3.05, 3.63) is 0 Å². The topological polar surface area (TPSA) is 49.6 Å². The molecule has 1 aliphatic carbocycles. The average Bonchev–Trinajstić information content (AvgIpc) is 3.06. The molecule has 1 amide bonds. The summed E-state index contributed by atoms with van der Waals surface area (Å²) in [5.74, 6) is 0.844. The lowest BCUT2D eigenvalue weighted by Crippen LogP contribution is -2.50. The number of piperidine rings is 1. The molecule has 16 heavy (non-hydrogen) atoms. The van der Waals surface area contributed by atoms with E-state index >= 15 is 0 Å². The maximum atomic E-state index is 11.9. The highest BCUT2D eigenvalue weighted by Crippen LogP contribution is 2.25. The molecule has 0 aromatic carbocycles. The van der Waals surface area contributed by atoms with Crippen LogP contribution in [0.5, 0.6) is 0 Å². The molecular weight excluding hydrogens is 202 g/mol. The quantitative estimate of drug-likeness (QED) is 0.750. The zero-order valence-corrected chi connectivity index (χ0v) is 10.4. The number of hydrogen-bond acceptors (Lipinski definition) is 3. The minimum absolute atomic E-state index is 0.229. The Balaban J connectivity index is 1.78. The Hall–Kier alpha value is -0.610. The van der Waals surface area contributed by atoms with Gasteiger partial charge in [0.05, 0.1) is 6.54 Å². The Morgan fingerprint density at radius 2 is 2.12 bits per heavy atom. The summed E-state index contributed by atoms with van der Waals surface area (Å²) in [6.07, 6.45) is 3.47. The lowest BCUT2D eigenvalue weighted by atomic mass is 9.94. The molecule has 1 heterocycles. The number of likely N-dealkylation sites (tertiary alicyclic amines) is 1. The SMILES string of the molecule is CC1CCN(CC(=O)N(C)C2CC2)CC1N. The summed E-state index contributed by atoms with van der Waals surface area (Å²) in [6, 6.07) is 0.748. The fourth-order valence-corrected chi connectivity index (χ4v) is 2.28. The first-order chi connectivity index (χ1) is 7.58. The van der Waals surface area contributed by atoms with Crippen LogP contribution in [0.3, 0.4) is 0 Å². The van der Waals surface area contributed by atoms with Crippen molar-refractivity contribution in [2.24, 2.45) is 11.7 Å². The van der Waals surface area contributed by atoms with E-state index in [-0.39, 0.29) is 11.9 Å². The molecule has 4 heteroatoms. The molecule has 0 aromatic rings. The van der Waals surface area contributed by atoms with Crippen LogP contribution in [0.1, 0.15) is 26.2 Å². The Morgan fingerprint density at radius 3 is 2.69 bits per heavy atom. The number of amides is 1. The third-order valence-electron chi connectivity index (χ3n) is 3.95. The molecule has 2 atom stereocenters. The number of carbonyl (C=O) groups is 1. The zero-order chi connectivity index (χ0) is 11.7. The predicted octanol–water partition coefficient (Wildman–Crippen LogP) is 0.276. The molecule has 0 radical (unpaired) electrons. The molecule has 2 fully saturated rings. The standard InChI is InChI=1S/C12H23N3O/c1-9-5-6-15(7-11(9)13)8-12(16)14(2)10-3-4-10/h9-11H,3-8,13H2,1-2H3. The van der Waals surface area contributed by atoms with Crippen molar-refractivity contribution in [2.75, 3.05) is 26.7 Å². The largest absolute Gasteiger partial charge is 0.342 e. The average molecular weight is 225 g/mol. The van der Waals surface area contributed by atoms with Gasteiger partial charge in [-0.3, -0.25) is 9.69 Å². The van der Waals surface area contributed by atoms with E-state index in [2.05, 4.69) is 11.8 Å². The summed E-state index contributed by atoms with van der Waals surface area (Å²) in [4.78, 5) is 16.0. The molecular formula is C12H23N3O. The normalized spacial score (nSPS) is 31.4. The van der Waals surface area contributed by atoms with E-state index in [1.54, 1.807) is 0 Å². The van der Waals surface area contributed by atoms with Gasteiger partial charge in [0.1, 0.15) is 0 Å². The van der Waals surface area contributed by atoms with Gasteiger partial charge in [-0.15, -0.1) is 0 Å². The van der Waals surface area contributed by atoms with E-state index in [0.717, 1.165) is 19.5 Å². The van der Waals surface area contributed by atoms with E-state index in [4.69, 9.17) is 5.73 Å². The van der Waals surface area contributed by atoms with Gasteiger partial charge in [0.2, 0.25) is 5.91 Å². The third kappa shape index (κ3) is 2.74. The van der Waals surface area contributed by atoms with Gasteiger partial charge in [-0.2, -0.15) is 0 Å². The molecule has 2 aliphatic rings. The van der Waals surface area contributed by atoms with Crippen molar-refractivity contribution >= 4 is 5.91 Å². The first-order valence-electron chi connectivity index (χ1n) is 6.31. The van der Waals surface area contributed by atoms with E-state index in [1.807, 2.05) is 11.9 Å². The van der Waals surface area contributed by atoms with E-state index in [1.165, 1.54) is 12.8 Å². The molecule has 0 bridgehead atoms. The molecule has 92 valence electrons. The van der Waals surface area contributed by atoms with Crippen molar-refractivity contribution in [3.8, 4) is 0 Å². The highest BCUT2D eigenvalue weighted by molar-refractivity contribution is 5.78. The van der Waals surface area contributed by atoms with Gasteiger partial charge in [-0.1, -0.05) is 6.92 Å². The van der Waals surface area contributed by atoms with Crippen LogP contribution in [0.25, 0.3) is 0 Å². The van der Waals surface area contributed by atoms with Crippen LogP contribution < -0.4 is 5.73 Å². The van der Waals surface area contributed by atoms with Gasteiger partial charge in [0.15, 0.2) is 0 Å². The summed E-state index contributed by atoms with van der Waals surface area (Å²) < 4.78 is 0. The van der Waals surface area contributed by atoms with Gasteiger partial charge >= 0.3 is 0 Å². The van der Waals surface area contributed by atoms with Crippen LogP contribution in [0, 0.1) is 5.92 Å². The van der Waals surface area contributed by atoms with Crippen molar-refractivity contribution in [2.45, 2.75) is 38.3 Å². The molecule has 1 saturated carbocycles.